The van der Waals surface area contributed by atoms with Gasteiger partial charge in [0.15, 0.2) is 0 Å². The molecule has 126 valence electrons. The molecule has 3 rings (SSSR count). The van der Waals surface area contributed by atoms with Crippen molar-refractivity contribution in [1.29, 1.82) is 0 Å². The molecule has 0 spiro atoms. The Bertz CT molecular complexity index is 527. The van der Waals surface area contributed by atoms with E-state index in [0.29, 0.717) is 11.8 Å². The highest BCUT2D eigenvalue weighted by Crippen LogP contribution is 2.30. The summed E-state index contributed by atoms with van der Waals surface area (Å²) in [5.41, 5.74) is 0.770. The summed E-state index contributed by atoms with van der Waals surface area (Å²) in [6.07, 6.45) is 8.19. The van der Waals surface area contributed by atoms with Gasteiger partial charge in [-0.1, -0.05) is 0 Å². The van der Waals surface area contributed by atoms with Crippen molar-refractivity contribution in [3.05, 3.63) is 24.0 Å². The Balaban J connectivity index is 1.55. The summed E-state index contributed by atoms with van der Waals surface area (Å²) in [5.74, 6) is 0.949. The Morgan fingerprint density at radius 3 is 2.74 bits per heavy atom. The van der Waals surface area contributed by atoms with E-state index in [9.17, 15) is 4.79 Å². The molecule has 1 amide bonds. The number of rotatable bonds is 3. The molecule has 3 heterocycles. The molecule has 23 heavy (non-hydrogen) atoms. The van der Waals surface area contributed by atoms with Crippen LogP contribution in [0.1, 0.15) is 44.7 Å². The Kier molecular flexibility index (Phi) is 4.95. The molecule has 5 nitrogen and oxygen atoms in total. The summed E-state index contributed by atoms with van der Waals surface area (Å²) >= 11 is 0. The third kappa shape index (κ3) is 3.55. The molecule has 2 aliphatic rings. The van der Waals surface area contributed by atoms with E-state index in [0.717, 1.165) is 57.4 Å². The first-order valence-electron chi connectivity index (χ1n) is 8.87. The van der Waals surface area contributed by atoms with Crippen molar-refractivity contribution in [2.24, 2.45) is 5.92 Å². The van der Waals surface area contributed by atoms with E-state index in [-0.39, 0.29) is 5.54 Å². The van der Waals surface area contributed by atoms with E-state index in [1.54, 1.807) is 6.20 Å². The number of nitrogens with zero attached hydrogens (tertiary/aromatic N) is 4. The van der Waals surface area contributed by atoms with Crippen LogP contribution in [0.25, 0.3) is 0 Å². The van der Waals surface area contributed by atoms with Gasteiger partial charge in [0.25, 0.3) is 0 Å². The van der Waals surface area contributed by atoms with Crippen LogP contribution in [0.15, 0.2) is 18.3 Å². The zero-order chi connectivity index (χ0) is 16.3. The Morgan fingerprint density at radius 2 is 2.09 bits per heavy atom. The lowest BCUT2D eigenvalue weighted by atomic mass is 9.85. The fourth-order valence-electron chi connectivity index (χ4n) is 3.94. The van der Waals surface area contributed by atoms with Crippen LogP contribution >= 0.6 is 0 Å². The van der Waals surface area contributed by atoms with Crippen LogP contribution in [-0.4, -0.2) is 58.1 Å². The topological polar surface area (TPSA) is 49.3 Å². The number of likely N-dealkylation sites (N-methyl/N-ethyl adjacent to an activating group) is 1. The van der Waals surface area contributed by atoms with Crippen LogP contribution in [0.2, 0.25) is 0 Å². The SMILES string of the molecule is CN1CCCC[C@]1(C)C(=O)N1CCC(Cc2cccnn2)CC1. The fraction of sp³-hybridized carbons (Fsp3) is 0.722. The van der Waals surface area contributed by atoms with Crippen molar-refractivity contribution < 1.29 is 4.79 Å². The van der Waals surface area contributed by atoms with Crippen molar-refractivity contribution in [2.75, 3.05) is 26.7 Å². The van der Waals surface area contributed by atoms with E-state index < -0.39 is 0 Å². The van der Waals surface area contributed by atoms with E-state index >= 15 is 0 Å². The van der Waals surface area contributed by atoms with Gasteiger partial charge in [-0.05, 0) is 77.1 Å². The van der Waals surface area contributed by atoms with Gasteiger partial charge in [-0.25, -0.2) is 0 Å². The fourth-order valence-corrected chi connectivity index (χ4v) is 3.94. The summed E-state index contributed by atoms with van der Waals surface area (Å²) in [4.78, 5) is 17.4. The highest BCUT2D eigenvalue weighted by atomic mass is 16.2. The Hall–Kier alpha value is -1.49. The van der Waals surface area contributed by atoms with E-state index in [1.165, 1.54) is 6.42 Å². The third-order valence-electron chi connectivity index (χ3n) is 5.74. The summed E-state index contributed by atoms with van der Waals surface area (Å²) < 4.78 is 0. The van der Waals surface area contributed by atoms with Gasteiger partial charge in [-0.3, -0.25) is 9.69 Å². The van der Waals surface area contributed by atoms with Gasteiger partial charge in [0.05, 0.1) is 11.2 Å². The minimum Gasteiger partial charge on any atom is -0.341 e. The smallest absolute Gasteiger partial charge is 0.242 e. The van der Waals surface area contributed by atoms with Crippen molar-refractivity contribution >= 4 is 5.91 Å². The summed E-state index contributed by atoms with van der Waals surface area (Å²) in [6.45, 7) is 4.92. The molecule has 1 atom stereocenters. The average molecular weight is 316 g/mol. The van der Waals surface area contributed by atoms with Crippen LogP contribution < -0.4 is 0 Å². The molecule has 0 aliphatic carbocycles. The molecule has 5 heteroatoms. The second-order valence-electron chi connectivity index (χ2n) is 7.31. The lowest BCUT2D eigenvalue weighted by Crippen LogP contribution is -2.59. The number of hydrogen-bond acceptors (Lipinski definition) is 4. The molecule has 1 aromatic heterocycles. The number of amides is 1. The van der Waals surface area contributed by atoms with Crippen LogP contribution in [0, 0.1) is 5.92 Å². The molecule has 0 unspecified atom stereocenters. The van der Waals surface area contributed by atoms with Crippen LogP contribution in [0.3, 0.4) is 0 Å². The number of likely N-dealkylation sites (tertiary alicyclic amines) is 2. The third-order valence-corrected chi connectivity index (χ3v) is 5.74. The van der Waals surface area contributed by atoms with Crippen LogP contribution in [-0.2, 0) is 11.2 Å². The molecular formula is C18H28N4O. The number of carbonyl (C=O) groups excluding carboxylic acids is 1. The first-order valence-corrected chi connectivity index (χ1v) is 8.87. The average Bonchev–Trinajstić information content (AvgIpc) is 2.59. The Labute approximate surface area is 139 Å². The summed E-state index contributed by atoms with van der Waals surface area (Å²) in [7, 11) is 2.10. The van der Waals surface area contributed by atoms with Gasteiger partial charge in [0.1, 0.15) is 0 Å². The molecule has 1 aromatic rings. The predicted molar refractivity (Wildman–Crippen MR) is 89.9 cm³/mol. The zero-order valence-corrected chi connectivity index (χ0v) is 14.4. The largest absolute Gasteiger partial charge is 0.341 e. The maximum atomic E-state index is 13.0. The first kappa shape index (κ1) is 16.4. The summed E-state index contributed by atoms with van der Waals surface area (Å²) in [6, 6.07) is 3.99. The van der Waals surface area contributed by atoms with E-state index in [4.69, 9.17) is 0 Å². The summed E-state index contributed by atoms with van der Waals surface area (Å²) in [5, 5.41) is 8.14. The van der Waals surface area contributed by atoms with Gasteiger partial charge in [-0.15, -0.1) is 0 Å². The van der Waals surface area contributed by atoms with Gasteiger partial charge in [-0.2, -0.15) is 10.2 Å². The first-order chi connectivity index (χ1) is 11.1. The molecular weight excluding hydrogens is 288 g/mol. The number of carbonyl (C=O) groups is 1. The minimum absolute atomic E-state index is 0.296. The number of hydrogen-bond donors (Lipinski definition) is 0. The molecule has 0 bridgehead atoms. The highest BCUT2D eigenvalue weighted by molar-refractivity contribution is 5.86. The molecule has 2 fully saturated rings. The predicted octanol–water partition coefficient (Wildman–Crippen LogP) is 2.13. The second-order valence-corrected chi connectivity index (χ2v) is 7.31. The molecule has 0 saturated carbocycles. The second kappa shape index (κ2) is 6.95. The molecule has 0 N–H and O–H groups in total. The zero-order valence-electron chi connectivity index (χ0n) is 14.4. The van der Waals surface area contributed by atoms with Gasteiger partial charge >= 0.3 is 0 Å². The van der Waals surface area contributed by atoms with Crippen molar-refractivity contribution in [2.45, 2.75) is 51.0 Å². The quantitative estimate of drug-likeness (QED) is 0.857. The van der Waals surface area contributed by atoms with E-state index in [2.05, 4.69) is 34.0 Å². The molecule has 2 aliphatic heterocycles. The van der Waals surface area contributed by atoms with Crippen molar-refractivity contribution in [1.82, 2.24) is 20.0 Å². The molecule has 0 radical (unpaired) electrons. The van der Waals surface area contributed by atoms with Crippen LogP contribution in [0.5, 0.6) is 0 Å². The maximum absolute atomic E-state index is 13.0. The van der Waals surface area contributed by atoms with Crippen molar-refractivity contribution in [3.8, 4) is 0 Å². The standard InChI is InChI=1S/C18H28N4O/c1-18(9-3-4-11-21(18)2)17(23)22-12-7-15(8-13-22)14-16-6-5-10-19-20-16/h5-6,10,15H,3-4,7-9,11-14H2,1-2H3/t18-/m1/s1. The lowest BCUT2D eigenvalue weighted by molar-refractivity contribution is -0.146. The number of piperidine rings is 2. The van der Waals surface area contributed by atoms with Crippen molar-refractivity contribution in [3.63, 3.8) is 0 Å². The maximum Gasteiger partial charge on any atom is 0.242 e. The van der Waals surface area contributed by atoms with Gasteiger partial charge < -0.3 is 4.90 Å². The number of aromatic nitrogens is 2. The van der Waals surface area contributed by atoms with Crippen LogP contribution in [0.4, 0.5) is 0 Å². The Morgan fingerprint density at radius 1 is 1.30 bits per heavy atom. The molecule has 2 saturated heterocycles. The monoisotopic (exact) mass is 316 g/mol. The highest BCUT2D eigenvalue weighted by Gasteiger charge is 2.42. The van der Waals surface area contributed by atoms with Gasteiger partial charge in [0, 0.05) is 19.3 Å². The normalized spacial score (nSPS) is 27.1. The lowest BCUT2D eigenvalue weighted by Gasteiger charge is -2.45. The minimum atomic E-state index is -0.296. The molecule has 0 aromatic carbocycles. The van der Waals surface area contributed by atoms with Gasteiger partial charge in [0.2, 0.25) is 5.91 Å². The van der Waals surface area contributed by atoms with E-state index in [1.807, 2.05) is 12.1 Å².